The second-order valence-corrected chi connectivity index (χ2v) is 4.56. The fourth-order valence-corrected chi connectivity index (χ4v) is 2.06. The van der Waals surface area contributed by atoms with Crippen molar-refractivity contribution in [3.8, 4) is 34.4 Å². The Bertz CT molecular complexity index is 736. The molecule has 1 aromatic carbocycles. The first-order valence-electron chi connectivity index (χ1n) is 6.95. The highest BCUT2D eigenvalue weighted by Crippen LogP contribution is 2.23. The highest BCUT2D eigenvalue weighted by molar-refractivity contribution is 5.64. The molecule has 0 amide bonds. The molecular formula is C16H16N4O2. The molecule has 0 saturated carbocycles. The molecule has 3 rings (SSSR count). The summed E-state index contributed by atoms with van der Waals surface area (Å²) in [7, 11) is 1.53. The van der Waals surface area contributed by atoms with Crippen LogP contribution in [0.2, 0.25) is 0 Å². The molecule has 0 fully saturated rings. The number of ether oxygens (including phenoxy) is 2. The molecule has 3 aromatic rings. The molecular weight excluding hydrogens is 280 g/mol. The highest BCUT2D eigenvalue weighted by Gasteiger charge is 2.07. The van der Waals surface area contributed by atoms with Gasteiger partial charge in [0.1, 0.15) is 11.6 Å². The zero-order chi connectivity index (χ0) is 15.4. The van der Waals surface area contributed by atoms with Crippen molar-refractivity contribution in [3.63, 3.8) is 0 Å². The van der Waals surface area contributed by atoms with E-state index in [0.717, 1.165) is 22.6 Å². The fourth-order valence-electron chi connectivity index (χ4n) is 2.06. The van der Waals surface area contributed by atoms with Gasteiger partial charge in [0.15, 0.2) is 0 Å². The lowest BCUT2D eigenvalue weighted by Gasteiger charge is -2.03. The topological polar surface area (TPSA) is 72.9 Å². The summed E-state index contributed by atoms with van der Waals surface area (Å²) in [4.78, 5) is 15.8. The Kier molecular flexibility index (Phi) is 4.00. The molecule has 0 saturated heterocycles. The number of methoxy groups -OCH3 is 1. The zero-order valence-electron chi connectivity index (χ0n) is 12.4. The molecule has 1 N–H and O–H groups in total. The van der Waals surface area contributed by atoms with Crippen LogP contribution in [-0.2, 0) is 0 Å². The molecule has 0 aliphatic carbocycles. The number of imidazole rings is 1. The predicted molar refractivity (Wildman–Crippen MR) is 82.8 cm³/mol. The summed E-state index contributed by atoms with van der Waals surface area (Å²) >= 11 is 0. The number of hydrogen-bond acceptors (Lipinski definition) is 5. The van der Waals surface area contributed by atoms with Gasteiger partial charge in [-0.3, -0.25) is 0 Å². The monoisotopic (exact) mass is 296 g/mol. The van der Waals surface area contributed by atoms with Gasteiger partial charge in [0.25, 0.3) is 0 Å². The second-order valence-electron chi connectivity index (χ2n) is 4.56. The van der Waals surface area contributed by atoms with E-state index in [1.165, 1.54) is 7.11 Å². The van der Waals surface area contributed by atoms with Gasteiger partial charge in [0, 0.05) is 12.4 Å². The standard InChI is InChI=1S/C16H16N4O2/c1-3-22-13-6-4-11(5-7-13)14-10-17-15(20-14)12-8-18-16(21-2)19-9-12/h4-10H,3H2,1-2H3,(H,17,20). The molecule has 22 heavy (non-hydrogen) atoms. The fraction of sp³-hybridized carbons (Fsp3) is 0.188. The van der Waals surface area contributed by atoms with Crippen molar-refractivity contribution in [2.45, 2.75) is 6.92 Å². The van der Waals surface area contributed by atoms with Crippen molar-refractivity contribution in [2.75, 3.05) is 13.7 Å². The smallest absolute Gasteiger partial charge is 0.316 e. The van der Waals surface area contributed by atoms with Crippen LogP contribution in [0.15, 0.2) is 42.9 Å². The van der Waals surface area contributed by atoms with Gasteiger partial charge in [-0.2, -0.15) is 0 Å². The number of H-pyrrole nitrogens is 1. The molecule has 2 heterocycles. The van der Waals surface area contributed by atoms with Crippen LogP contribution in [0.25, 0.3) is 22.6 Å². The van der Waals surface area contributed by atoms with Crippen LogP contribution in [0.1, 0.15) is 6.92 Å². The molecule has 0 unspecified atom stereocenters. The molecule has 0 spiro atoms. The maximum atomic E-state index is 5.44. The Labute approximate surface area is 128 Å². The number of benzene rings is 1. The van der Waals surface area contributed by atoms with Crippen LogP contribution in [0.4, 0.5) is 0 Å². The molecule has 0 radical (unpaired) electrons. The number of nitrogens with zero attached hydrogens (tertiary/aromatic N) is 3. The Morgan fingerprint density at radius 2 is 1.68 bits per heavy atom. The quantitative estimate of drug-likeness (QED) is 0.783. The second kappa shape index (κ2) is 6.26. The molecule has 0 bridgehead atoms. The summed E-state index contributed by atoms with van der Waals surface area (Å²) in [5, 5.41) is 0. The average Bonchev–Trinajstić information content (AvgIpc) is 3.06. The van der Waals surface area contributed by atoms with Crippen molar-refractivity contribution >= 4 is 0 Å². The lowest BCUT2D eigenvalue weighted by Crippen LogP contribution is -1.92. The van der Waals surface area contributed by atoms with E-state index in [9.17, 15) is 0 Å². The van der Waals surface area contributed by atoms with E-state index in [-0.39, 0.29) is 0 Å². The maximum absolute atomic E-state index is 5.44. The van der Waals surface area contributed by atoms with Crippen molar-refractivity contribution in [2.24, 2.45) is 0 Å². The first-order chi connectivity index (χ1) is 10.8. The molecule has 6 nitrogen and oxygen atoms in total. The molecule has 0 aliphatic heterocycles. The number of aromatic amines is 1. The van der Waals surface area contributed by atoms with Gasteiger partial charge >= 0.3 is 6.01 Å². The number of rotatable bonds is 5. The van der Waals surface area contributed by atoms with E-state index in [1.54, 1.807) is 18.6 Å². The summed E-state index contributed by atoms with van der Waals surface area (Å²) in [6.07, 6.45) is 5.13. The Balaban J connectivity index is 1.83. The molecule has 0 atom stereocenters. The third-order valence-electron chi connectivity index (χ3n) is 3.14. The largest absolute Gasteiger partial charge is 0.494 e. The van der Waals surface area contributed by atoms with E-state index < -0.39 is 0 Å². The first-order valence-corrected chi connectivity index (χ1v) is 6.95. The zero-order valence-corrected chi connectivity index (χ0v) is 12.4. The SMILES string of the molecule is CCOc1ccc(-c2cnc(-c3cnc(OC)nc3)[nH]2)cc1. The van der Waals surface area contributed by atoms with Gasteiger partial charge in [-0.1, -0.05) is 0 Å². The lowest BCUT2D eigenvalue weighted by atomic mass is 10.2. The van der Waals surface area contributed by atoms with E-state index in [2.05, 4.69) is 19.9 Å². The minimum Gasteiger partial charge on any atom is -0.494 e. The average molecular weight is 296 g/mol. The maximum Gasteiger partial charge on any atom is 0.316 e. The third kappa shape index (κ3) is 2.90. The normalized spacial score (nSPS) is 10.5. The van der Waals surface area contributed by atoms with Crippen molar-refractivity contribution in [1.82, 2.24) is 19.9 Å². The highest BCUT2D eigenvalue weighted by atomic mass is 16.5. The third-order valence-corrected chi connectivity index (χ3v) is 3.14. The minimum atomic E-state index is 0.335. The Morgan fingerprint density at radius 1 is 0.955 bits per heavy atom. The number of hydrogen-bond donors (Lipinski definition) is 1. The van der Waals surface area contributed by atoms with Crippen LogP contribution in [0.3, 0.4) is 0 Å². The first kappa shape index (κ1) is 14.1. The predicted octanol–water partition coefficient (Wildman–Crippen LogP) is 2.94. The van der Waals surface area contributed by atoms with Gasteiger partial charge in [-0.05, 0) is 36.8 Å². The molecule has 2 aromatic heterocycles. The van der Waals surface area contributed by atoms with Crippen LogP contribution in [-0.4, -0.2) is 33.7 Å². The summed E-state index contributed by atoms with van der Waals surface area (Å²) < 4.78 is 10.4. The summed E-state index contributed by atoms with van der Waals surface area (Å²) in [5.74, 6) is 1.57. The van der Waals surface area contributed by atoms with Crippen molar-refractivity contribution in [1.29, 1.82) is 0 Å². The Morgan fingerprint density at radius 3 is 2.32 bits per heavy atom. The van der Waals surface area contributed by atoms with Crippen LogP contribution >= 0.6 is 0 Å². The van der Waals surface area contributed by atoms with Crippen molar-refractivity contribution in [3.05, 3.63) is 42.9 Å². The molecule has 6 heteroatoms. The summed E-state index contributed by atoms with van der Waals surface area (Å²) in [5.41, 5.74) is 2.77. The summed E-state index contributed by atoms with van der Waals surface area (Å²) in [6, 6.07) is 8.20. The van der Waals surface area contributed by atoms with E-state index >= 15 is 0 Å². The minimum absolute atomic E-state index is 0.335. The van der Waals surface area contributed by atoms with Gasteiger partial charge in [0.05, 0.1) is 31.2 Å². The number of aromatic nitrogens is 4. The van der Waals surface area contributed by atoms with Gasteiger partial charge in [0.2, 0.25) is 0 Å². The summed E-state index contributed by atoms with van der Waals surface area (Å²) in [6.45, 7) is 2.62. The van der Waals surface area contributed by atoms with E-state index in [1.807, 2.05) is 31.2 Å². The van der Waals surface area contributed by atoms with Crippen LogP contribution in [0, 0.1) is 0 Å². The van der Waals surface area contributed by atoms with Gasteiger partial charge in [-0.15, -0.1) is 0 Å². The molecule has 0 aliphatic rings. The van der Waals surface area contributed by atoms with Gasteiger partial charge in [-0.25, -0.2) is 15.0 Å². The van der Waals surface area contributed by atoms with Crippen LogP contribution < -0.4 is 9.47 Å². The number of nitrogens with one attached hydrogen (secondary N) is 1. The van der Waals surface area contributed by atoms with Gasteiger partial charge < -0.3 is 14.5 Å². The van der Waals surface area contributed by atoms with Crippen molar-refractivity contribution < 1.29 is 9.47 Å². The van der Waals surface area contributed by atoms with E-state index in [0.29, 0.717) is 18.4 Å². The van der Waals surface area contributed by atoms with E-state index in [4.69, 9.17) is 9.47 Å². The molecule has 112 valence electrons. The van der Waals surface area contributed by atoms with Crippen LogP contribution in [0.5, 0.6) is 11.8 Å². The lowest BCUT2D eigenvalue weighted by molar-refractivity contribution is 0.340. The Hall–Kier alpha value is -2.89.